The van der Waals surface area contributed by atoms with Crippen LogP contribution in [0.15, 0.2) is 0 Å². The first-order chi connectivity index (χ1) is 7.60. The van der Waals surface area contributed by atoms with Gasteiger partial charge in [0.2, 0.25) is 0 Å². The van der Waals surface area contributed by atoms with Gasteiger partial charge in [-0.2, -0.15) is 0 Å². The Labute approximate surface area is 103 Å². The van der Waals surface area contributed by atoms with Crippen molar-refractivity contribution < 1.29 is 8.85 Å². The molecule has 16 heavy (non-hydrogen) atoms. The van der Waals surface area contributed by atoms with Crippen molar-refractivity contribution in [3.63, 3.8) is 0 Å². The fourth-order valence-electron chi connectivity index (χ4n) is 1.63. The molecule has 0 unspecified atom stereocenters. The molecule has 0 radical (unpaired) electrons. The van der Waals surface area contributed by atoms with Gasteiger partial charge in [-0.25, -0.2) is 0 Å². The van der Waals surface area contributed by atoms with Crippen molar-refractivity contribution in [1.82, 2.24) is 0 Å². The van der Waals surface area contributed by atoms with Gasteiger partial charge in [-0.1, -0.05) is 47.5 Å². The first-order valence-electron chi connectivity index (χ1n) is 6.88. The van der Waals surface area contributed by atoms with Crippen LogP contribution in [0.2, 0.25) is 12.1 Å². The summed E-state index contributed by atoms with van der Waals surface area (Å²) in [6.45, 7) is 12.8. The Hall–Kier alpha value is 0.137. The molecule has 2 nitrogen and oxygen atoms in total. The Morgan fingerprint density at radius 2 is 1.56 bits per heavy atom. The molecule has 98 valence electrons. The van der Waals surface area contributed by atoms with E-state index < -0.39 is 8.56 Å². The van der Waals surface area contributed by atoms with Crippen LogP contribution in [0.1, 0.15) is 53.9 Å². The van der Waals surface area contributed by atoms with E-state index in [-0.39, 0.29) is 0 Å². The lowest BCUT2D eigenvalue weighted by atomic mass is 10.2. The van der Waals surface area contributed by atoms with Crippen LogP contribution >= 0.6 is 0 Å². The second-order valence-electron chi connectivity index (χ2n) is 4.88. The summed E-state index contributed by atoms with van der Waals surface area (Å²) >= 11 is 0. The Morgan fingerprint density at radius 3 is 2.00 bits per heavy atom. The van der Waals surface area contributed by atoms with Crippen LogP contribution in [0.4, 0.5) is 0 Å². The lowest BCUT2D eigenvalue weighted by molar-refractivity contribution is 0.150. The van der Waals surface area contributed by atoms with Crippen LogP contribution in [0.25, 0.3) is 0 Å². The zero-order valence-electron chi connectivity index (χ0n) is 11.8. The number of rotatable bonds is 10. The van der Waals surface area contributed by atoms with Gasteiger partial charge in [-0.3, -0.25) is 0 Å². The van der Waals surface area contributed by atoms with Gasteiger partial charge in [0.05, 0.1) is 0 Å². The van der Waals surface area contributed by atoms with Gasteiger partial charge in [0.25, 0.3) is 0 Å². The van der Waals surface area contributed by atoms with Gasteiger partial charge < -0.3 is 8.85 Å². The third kappa shape index (κ3) is 6.66. The molecule has 0 aromatic carbocycles. The average Bonchev–Trinajstić information content (AvgIpc) is 2.29. The Kier molecular flexibility index (Phi) is 9.28. The quantitative estimate of drug-likeness (QED) is 0.421. The van der Waals surface area contributed by atoms with Gasteiger partial charge in [0.15, 0.2) is 0 Å². The Balaban J connectivity index is 4.00. The summed E-state index contributed by atoms with van der Waals surface area (Å²) < 4.78 is 12.2. The highest BCUT2D eigenvalue weighted by Crippen LogP contribution is 2.20. The fraction of sp³-hybridized carbons (Fsp3) is 1.00. The molecule has 0 aliphatic heterocycles. The molecule has 0 aliphatic rings. The average molecular weight is 246 g/mol. The highest BCUT2D eigenvalue weighted by atomic mass is 28.4. The van der Waals surface area contributed by atoms with Gasteiger partial charge in [0.1, 0.15) is 0 Å². The third-order valence-corrected chi connectivity index (χ3v) is 6.45. The van der Waals surface area contributed by atoms with Crippen molar-refractivity contribution in [2.24, 2.45) is 5.92 Å². The van der Waals surface area contributed by atoms with E-state index in [1.165, 1.54) is 19.3 Å². The summed E-state index contributed by atoms with van der Waals surface area (Å²) in [5, 5.41) is 0. The van der Waals surface area contributed by atoms with Crippen molar-refractivity contribution in [2.45, 2.75) is 66.0 Å². The summed E-state index contributed by atoms with van der Waals surface area (Å²) in [5.41, 5.74) is 0. The molecule has 0 saturated carbocycles. The lowest BCUT2D eigenvalue weighted by Gasteiger charge is -2.29. The standard InChI is InChI=1S/C13H30O2Si/c1-6-9-10-11-14-16(7-2,8-3)15-12-13(4)5/h13H,6-12H2,1-5H3. The highest BCUT2D eigenvalue weighted by Gasteiger charge is 2.33. The summed E-state index contributed by atoms with van der Waals surface area (Å²) in [7, 11) is -1.86. The first-order valence-corrected chi connectivity index (χ1v) is 9.11. The molecule has 0 fully saturated rings. The van der Waals surface area contributed by atoms with Crippen LogP contribution in [-0.2, 0) is 8.85 Å². The molecule has 0 N–H and O–H groups in total. The minimum absolute atomic E-state index is 0.601. The van der Waals surface area contributed by atoms with E-state index in [2.05, 4.69) is 34.6 Å². The molecular formula is C13H30O2Si. The minimum atomic E-state index is -1.86. The van der Waals surface area contributed by atoms with Crippen LogP contribution < -0.4 is 0 Å². The Morgan fingerprint density at radius 1 is 0.938 bits per heavy atom. The van der Waals surface area contributed by atoms with E-state index in [1.807, 2.05) is 0 Å². The molecule has 0 aliphatic carbocycles. The summed E-state index contributed by atoms with van der Waals surface area (Å²) in [6.07, 6.45) is 3.70. The normalized spacial score (nSPS) is 12.4. The summed E-state index contributed by atoms with van der Waals surface area (Å²) in [5.74, 6) is 0.601. The monoisotopic (exact) mass is 246 g/mol. The molecule has 0 heterocycles. The van der Waals surface area contributed by atoms with Crippen LogP contribution in [0.3, 0.4) is 0 Å². The van der Waals surface area contributed by atoms with Crippen molar-refractivity contribution >= 4 is 8.56 Å². The fourth-order valence-corrected chi connectivity index (χ4v) is 4.18. The van der Waals surface area contributed by atoms with Crippen molar-refractivity contribution in [3.05, 3.63) is 0 Å². The molecule has 0 bridgehead atoms. The number of hydrogen-bond donors (Lipinski definition) is 0. The zero-order chi connectivity index (χ0) is 12.4. The van der Waals surface area contributed by atoms with Gasteiger partial charge >= 0.3 is 8.56 Å². The number of hydrogen-bond acceptors (Lipinski definition) is 2. The van der Waals surface area contributed by atoms with Crippen LogP contribution in [-0.4, -0.2) is 21.8 Å². The van der Waals surface area contributed by atoms with Crippen LogP contribution in [0, 0.1) is 5.92 Å². The zero-order valence-corrected chi connectivity index (χ0v) is 12.8. The molecule has 0 spiro atoms. The molecule has 0 rings (SSSR count). The van der Waals surface area contributed by atoms with Gasteiger partial charge in [-0.05, 0) is 24.4 Å². The molecule has 3 heteroatoms. The topological polar surface area (TPSA) is 18.5 Å². The SMILES string of the molecule is CCCCCO[Si](CC)(CC)OCC(C)C. The number of unbranched alkanes of at least 4 members (excludes halogenated alkanes) is 2. The Bertz CT molecular complexity index is 156. The first kappa shape index (κ1) is 16.1. The third-order valence-electron chi connectivity index (χ3n) is 2.87. The van der Waals surface area contributed by atoms with Crippen molar-refractivity contribution in [3.8, 4) is 0 Å². The molecule has 0 aromatic heterocycles. The highest BCUT2D eigenvalue weighted by molar-refractivity contribution is 6.67. The van der Waals surface area contributed by atoms with Gasteiger partial charge in [-0.15, -0.1) is 0 Å². The molecule has 0 aromatic rings. The molecular weight excluding hydrogens is 216 g/mol. The lowest BCUT2D eigenvalue weighted by Crippen LogP contribution is -2.42. The maximum absolute atomic E-state index is 6.10. The van der Waals surface area contributed by atoms with Gasteiger partial charge in [0, 0.05) is 13.2 Å². The van der Waals surface area contributed by atoms with E-state index in [4.69, 9.17) is 8.85 Å². The smallest absolute Gasteiger partial charge is 0.337 e. The molecule has 0 atom stereocenters. The van der Waals surface area contributed by atoms with E-state index in [0.717, 1.165) is 25.3 Å². The predicted molar refractivity (Wildman–Crippen MR) is 73.0 cm³/mol. The van der Waals surface area contributed by atoms with E-state index >= 15 is 0 Å². The second-order valence-corrected chi connectivity index (χ2v) is 8.69. The minimum Gasteiger partial charge on any atom is -0.394 e. The van der Waals surface area contributed by atoms with Crippen LogP contribution in [0.5, 0.6) is 0 Å². The van der Waals surface area contributed by atoms with E-state index in [1.54, 1.807) is 0 Å². The summed E-state index contributed by atoms with van der Waals surface area (Å²) in [4.78, 5) is 0. The maximum atomic E-state index is 6.10. The molecule has 0 amide bonds. The van der Waals surface area contributed by atoms with E-state index in [9.17, 15) is 0 Å². The summed E-state index contributed by atoms with van der Waals surface area (Å²) in [6, 6.07) is 2.14. The maximum Gasteiger partial charge on any atom is 0.337 e. The largest absolute Gasteiger partial charge is 0.394 e. The van der Waals surface area contributed by atoms with E-state index in [0.29, 0.717) is 5.92 Å². The molecule has 0 saturated heterocycles. The van der Waals surface area contributed by atoms with Crippen molar-refractivity contribution in [1.29, 1.82) is 0 Å². The second kappa shape index (κ2) is 9.20. The van der Waals surface area contributed by atoms with Crippen molar-refractivity contribution in [2.75, 3.05) is 13.2 Å². The predicted octanol–water partition coefficient (Wildman–Crippen LogP) is 4.35.